The van der Waals surface area contributed by atoms with Gasteiger partial charge in [-0.25, -0.2) is 4.79 Å². The van der Waals surface area contributed by atoms with E-state index in [1.54, 1.807) is 27.0 Å². The van der Waals surface area contributed by atoms with Gasteiger partial charge in [-0.15, -0.1) is 0 Å². The molecule has 0 saturated carbocycles. The zero-order valence-corrected chi connectivity index (χ0v) is 13.7. The number of hydrogen-bond acceptors (Lipinski definition) is 6. The summed E-state index contributed by atoms with van der Waals surface area (Å²) in [5, 5.41) is 6.89. The maximum Gasteiger partial charge on any atom is 0.333 e. The van der Waals surface area contributed by atoms with E-state index < -0.39 is 11.6 Å². The van der Waals surface area contributed by atoms with Crippen molar-refractivity contribution in [2.45, 2.75) is 51.4 Å². The lowest BCUT2D eigenvalue weighted by molar-refractivity contribution is -0.152. The number of carbonyl (C=O) groups is 2. The third kappa shape index (κ3) is 3.89. The number of amides is 1. The van der Waals surface area contributed by atoms with Crippen LogP contribution in [0.15, 0.2) is 12.4 Å². The lowest BCUT2D eigenvalue weighted by Crippen LogP contribution is -2.37. The van der Waals surface area contributed by atoms with Crippen LogP contribution in [0.3, 0.4) is 0 Å². The highest BCUT2D eigenvalue weighted by atomic mass is 16.5. The van der Waals surface area contributed by atoms with Gasteiger partial charge < -0.3 is 20.5 Å². The lowest BCUT2D eigenvalue weighted by Gasteiger charge is -2.22. The van der Waals surface area contributed by atoms with Gasteiger partial charge in [-0.2, -0.15) is 5.10 Å². The molecule has 0 aliphatic carbocycles. The van der Waals surface area contributed by atoms with Crippen molar-refractivity contribution < 1.29 is 19.1 Å². The number of nitrogens with zero attached hydrogens (tertiary/aromatic N) is 2. The molecule has 1 fully saturated rings. The van der Waals surface area contributed by atoms with Crippen molar-refractivity contribution in [2.75, 3.05) is 18.5 Å². The lowest BCUT2D eigenvalue weighted by atomic mass is 10.1. The molecule has 1 aromatic rings. The summed E-state index contributed by atoms with van der Waals surface area (Å²) in [5.74, 6) is -0.611. The van der Waals surface area contributed by atoms with Crippen molar-refractivity contribution in [3.63, 3.8) is 0 Å². The van der Waals surface area contributed by atoms with Crippen LogP contribution in [0.1, 0.15) is 33.6 Å². The Labute approximate surface area is 135 Å². The maximum atomic E-state index is 12.2. The molecule has 0 unspecified atom stereocenters. The van der Waals surface area contributed by atoms with Crippen molar-refractivity contribution in [3.8, 4) is 0 Å². The van der Waals surface area contributed by atoms with Crippen LogP contribution in [0, 0.1) is 0 Å². The van der Waals surface area contributed by atoms with Gasteiger partial charge in [0.2, 0.25) is 0 Å². The summed E-state index contributed by atoms with van der Waals surface area (Å²) in [4.78, 5) is 24.1. The number of aromatic nitrogens is 2. The predicted octanol–water partition coefficient (Wildman–Crippen LogP) is 0.626. The molecule has 1 saturated heterocycles. The molecule has 1 aliphatic heterocycles. The Kier molecular flexibility index (Phi) is 5.38. The van der Waals surface area contributed by atoms with Crippen LogP contribution in [0.2, 0.25) is 0 Å². The van der Waals surface area contributed by atoms with Gasteiger partial charge in [0.15, 0.2) is 5.54 Å². The van der Waals surface area contributed by atoms with Gasteiger partial charge in [0.05, 0.1) is 24.6 Å². The molecule has 128 valence electrons. The summed E-state index contributed by atoms with van der Waals surface area (Å²) < 4.78 is 12.1. The molecule has 3 N–H and O–H groups in total. The monoisotopic (exact) mass is 324 g/mol. The first-order valence-electron chi connectivity index (χ1n) is 7.77. The normalized spacial score (nSPS) is 21.2. The Bertz CT molecular complexity index is 570. The number of nitrogens with one attached hydrogen (secondary N) is 1. The van der Waals surface area contributed by atoms with E-state index in [0.717, 1.165) is 6.42 Å². The van der Waals surface area contributed by atoms with Crippen LogP contribution < -0.4 is 11.1 Å². The van der Waals surface area contributed by atoms with E-state index in [1.807, 2.05) is 0 Å². The molecule has 2 atom stereocenters. The topological polar surface area (TPSA) is 108 Å². The standard InChI is InChI=1S/C15H24N4O4/c1-4-22-14(21)15(2,3)19-9-10(8-17-19)18-13(20)12-6-5-11(7-16)23-12/h8-9,11-12H,4-7,16H2,1-3H3,(H,18,20)/t11-,12+/m1/s1. The molecule has 1 aromatic heterocycles. The summed E-state index contributed by atoms with van der Waals surface area (Å²) in [6, 6.07) is 0. The highest BCUT2D eigenvalue weighted by Gasteiger charge is 2.33. The van der Waals surface area contributed by atoms with Crippen LogP contribution >= 0.6 is 0 Å². The van der Waals surface area contributed by atoms with E-state index in [9.17, 15) is 9.59 Å². The molecule has 0 radical (unpaired) electrons. The molecule has 2 heterocycles. The van der Waals surface area contributed by atoms with Crippen molar-refractivity contribution in [3.05, 3.63) is 12.4 Å². The van der Waals surface area contributed by atoms with Crippen molar-refractivity contribution >= 4 is 17.6 Å². The molecule has 8 nitrogen and oxygen atoms in total. The first-order valence-corrected chi connectivity index (χ1v) is 7.77. The zero-order valence-electron chi connectivity index (χ0n) is 13.7. The Hall–Kier alpha value is -1.93. The van der Waals surface area contributed by atoms with Gasteiger partial charge in [-0.05, 0) is 33.6 Å². The second-order valence-electron chi connectivity index (χ2n) is 6.00. The molecule has 1 aliphatic rings. The second kappa shape index (κ2) is 7.10. The third-order valence-corrected chi connectivity index (χ3v) is 3.86. The summed E-state index contributed by atoms with van der Waals surface area (Å²) >= 11 is 0. The molecule has 0 spiro atoms. The van der Waals surface area contributed by atoms with E-state index >= 15 is 0 Å². The molecule has 0 bridgehead atoms. The smallest absolute Gasteiger partial charge is 0.333 e. The number of nitrogens with two attached hydrogens (primary N) is 1. The highest BCUT2D eigenvalue weighted by molar-refractivity contribution is 5.94. The van der Waals surface area contributed by atoms with Crippen LogP contribution in [0.5, 0.6) is 0 Å². The van der Waals surface area contributed by atoms with E-state index in [1.165, 1.54) is 10.9 Å². The van der Waals surface area contributed by atoms with E-state index in [4.69, 9.17) is 15.2 Å². The molecule has 0 aromatic carbocycles. The van der Waals surface area contributed by atoms with Crippen LogP contribution in [-0.4, -0.2) is 47.0 Å². The average Bonchev–Trinajstić information content (AvgIpc) is 3.16. The summed E-state index contributed by atoms with van der Waals surface area (Å²) in [6.45, 7) is 5.87. The number of rotatable bonds is 6. The van der Waals surface area contributed by atoms with Gasteiger partial charge in [0.1, 0.15) is 6.10 Å². The number of carbonyl (C=O) groups excluding carboxylic acids is 2. The third-order valence-electron chi connectivity index (χ3n) is 3.86. The van der Waals surface area contributed by atoms with Crippen LogP contribution in [-0.2, 0) is 24.6 Å². The summed E-state index contributed by atoms with van der Waals surface area (Å²) in [5.41, 5.74) is 5.09. The van der Waals surface area contributed by atoms with Gasteiger partial charge in [0, 0.05) is 12.7 Å². The molecule has 23 heavy (non-hydrogen) atoms. The van der Waals surface area contributed by atoms with E-state index in [0.29, 0.717) is 25.3 Å². The molecular weight excluding hydrogens is 300 g/mol. The number of anilines is 1. The highest BCUT2D eigenvalue weighted by Crippen LogP contribution is 2.22. The summed E-state index contributed by atoms with van der Waals surface area (Å²) in [7, 11) is 0. The first-order chi connectivity index (χ1) is 10.9. The Morgan fingerprint density at radius 2 is 2.26 bits per heavy atom. The average molecular weight is 324 g/mol. The number of hydrogen-bond donors (Lipinski definition) is 2. The number of ether oxygens (including phenoxy) is 2. The molecular formula is C15H24N4O4. The molecule has 2 rings (SSSR count). The van der Waals surface area contributed by atoms with Crippen molar-refractivity contribution in [1.82, 2.24) is 9.78 Å². The fraction of sp³-hybridized carbons (Fsp3) is 0.667. The molecule has 1 amide bonds. The predicted molar refractivity (Wildman–Crippen MR) is 83.8 cm³/mol. The minimum absolute atomic E-state index is 0.0591. The fourth-order valence-corrected chi connectivity index (χ4v) is 2.39. The first kappa shape index (κ1) is 17.4. The minimum atomic E-state index is -0.951. The van der Waals surface area contributed by atoms with E-state index in [2.05, 4.69) is 10.4 Å². The van der Waals surface area contributed by atoms with Crippen LogP contribution in [0.4, 0.5) is 5.69 Å². The minimum Gasteiger partial charge on any atom is -0.464 e. The zero-order chi connectivity index (χ0) is 17.0. The fourth-order valence-electron chi connectivity index (χ4n) is 2.39. The largest absolute Gasteiger partial charge is 0.464 e. The van der Waals surface area contributed by atoms with Gasteiger partial charge in [-0.3, -0.25) is 9.48 Å². The Morgan fingerprint density at radius 1 is 1.52 bits per heavy atom. The summed E-state index contributed by atoms with van der Waals surface area (Å²) in [6.07, 6.45) is 3.97. The number of esters is 1. The Morgan fingerprint density at radius 3 is 2.87 bits per heavy atom. The molecule has 8 heteroatoms. The Balaban J connectivity index is 1.99. The van der Waals surface area contributed by atoms with Gasteiger partial charge >= 0.3 is 5.97 Å². The maximum absolute atomic E-state index is 12.2. The van der Waals surface area contributed by atoms with Gasteiger partial charge in [0.25, 0.3) is 5.91 Å². The van der Waals surface area contributed by atoms with Crippen molar-refractivity contribution in [2.24, 2.45) is 5.73 Å². The van der Waals surface area contributed by atoms with Crippen molar-refractivity contribution in [1.29, 1.82) is 0 Å². The van der Waals surface area contributed by atoms with E-state index in [-0.39, 0.29) is 18.0 Å². The van der Waals surface area contributed by atoms with Gasteiger partial charge in [-0.1, -0.05) is 0 Å². The van der Waals surface area contributed by atoms with Crippen LogP contribution in [0.25, 0.3) is 0 Å². The SMILES string of the molecule is CCOC(=O)C(C)(C)n1cc(NC(=O)[C@@H]2CC[C@H](CN)O2)cn1. The second-order valence-corrected chi connectivity index (χ2v) is 6.00. The quantitative estimate of drug-likeness (QED) is 0.743.